The maximum atomic E-state index is 8.31. The number of nitrogens with zero attached hydrogens (tertiary/aromatic N) is 4. The van der Waals surface area contributed by atoms with E-state index in [1.165, 1.54) is 88.8 Å². The van der Waals surface area contributed by atoms with Gasteiger partial charge in [0.25, 0.3) is 13.4 Å². The highest BCUT2D eigenvalue weighted by Gasteiger charge is 2.49. The predicted octanol–water partition coefficient (Wildman–Crippen LogP) is 31.4. The SMILES string of the molecule is CC(C)c1cc(N2c3cc(C(C)(C)C)ccc3B3c4cc5c(cc4Oc4cc(N(c6cc(C(C)(C)C)cc(C(C)(C)C)c6)c6cc(C(C)(C)C)cc(C(C)(C)C)c6)cc2c43)B2c3ccc(C(C)(C)C)cc3N(c3cc(C(C)(C)C)cc(C(C)(C)C)c3)c3cc(N(c4cc(C(C)(C)C)cc(C(C)(C)C)c4)c4cc(C(C)(C)C)cc(C(C)(C)C)c4)cc(c32)O5)cc(C(C)(C)C)c1. The van der Waals surface area contributed by atoms with Crippen molar-refractivity contribution in [2.24, 2.45) is 0 Å². The summed E-state index contributed by atoms with van der Waals surface area (Å²) in [6.07, 6.45) is 0. The Morgan fingerprint density at radius 2 is 0.434 bits per heavy atom. The normalized spacial score (nSPS) is 14.5. The first kappa shape index (κ1) is 94.0. The van der Waals surface area contributed by atoms with Crippen LogP contribution in [0.3, 0.4) is 0 Å². The molecule has 0 bridgehead atoms. The van der Waals surface area contributed by atoms with Gasteiger partial charge in [0.1, 0.15) is 23.0 Å². The molecule has 6 nitrogen and oxygen atoms in total. The van der Waals surface area contributed by atoms with E-state index in [1.54, 1.807) is 0 Å². The van der Waals surface area contributed by atoms with E-state index in [2.05, 4.69) is 485 Å². The second kappa shape index (κ2) is 31.0. The van der Waals surface area contributed by atoms with Crippen LogP contribution in [0.15, 0.2) is 182 Å². The van der Waals surface area contributed by atoms with Crippen LogP contribution in [-0.4, -0.2) is 13.4 Å². The Hall–Kier alpha value is -9.65. The molecule has 4 aliphatic heterocycles. The average molecular weight is 1720 g/mol. The molecule has 8 heteroatoms. The standard InChI is InChI=1S/C121H154B2N4O2/c1-72(2)73-46-76(111(9,10)11)53-87(47-73)126-99-64-74(109(3,4)5)42-44-95(99)122-97-70-104-98(71-103(97)128-105-68-93(66-101(126)107(105)122)124(88-54-77(112(12,13)14)48-78(55-88)113(15,16)17)89-56-79(114(18,19)20)49-80(57-89)115(21,22)23)123-96-45-43-75(110(6,7)8)65-100(96)127(92-62-85(120(36,37)38)52-86(63-92)121(39,40)41)102-67-94(69-106(129-104)108(102)123)125(90-58-81(116(24,25)26)50-82(59-90)117(27,28)29)91-60-83(118(30,31)32)51-84(61-91)119(33,34)35/h42-72H,1-41H3. The summed E-state index contributed by atoms with van der Waals surface area (Å²) in [7, 11) is 0. The van der Waals surface area contributed by atoms with Gasteiger partial charge in [0.15, 0.2) is 0 Å². The van der Waals surface area contributed by atoms with Crippen molar-refractivity contribution in [2.45, 2.75) is 360 Å². The van der Waals surface area contributed by atoms with Crippen LogP contribution in [0, 0.1) is 0 Å². The quantitative estimate of drug-likeness (QED) is 0.134. The molecule has 0 saturated carbocycles. The topological polar surface area (TPSA) is 31.4 Å². The van der Waals surface area contributed by atoms with Gasteiger partial charge < -0.3 is 29.1 Å². The minimum absolute atomic E-state index is 0.170. The zero-order chi connectivity index (χ0) is 95.0. The highest BCUT2D eigenvalue weighted by molar-refractivity contribution is 7.01. The smallest absolute Gasteiger partial charge is 0.256 e. The van der Waals surface area contributed by atoms with Crippen molar-refractivity contribution in [3.05, 3.63) is 260 Å². The van der Waals surface area contributed by atoms with Crippen molar-refractivity contribution in [1.29, 1.82) is 0 Å². The third-order valence-corrected chi connectivity index (χ3v) is 28.2. The van der Waals surface area contributed by atoms with Gasteiger partial charge in [-0.15, -0.1) is 0 Å². The van der Waals surface area contributed by atoms with Gasteiger partial charge in [-0.25, -0.2) is 0 Å². The van der Waals surface area contributed by atoms with E-state index in [0.717, 1.165) is 113 Å². The molecular formula is C121H154B2N4O2. The van der Waals surface area contributed by atoms with Crippen molar-refractivity contribution in [2.75, 3.05) is 19.6 Å². The van der Waals surface area contributed by atoms with E-state index in [-0.39, 0.29) is 89.7 Å². The lowest BCUT2D eigenvalue weighted by molar-refractivity contribution is 0.476. The van der Waals surface area contributed by atoms with Gasteiger partial charge in [0.05, 0.1) is 11.4 Å². The molecule has 4 aliphatic rings. The van der Waals surface area contributed by atoms with E-state index in [9.17, 15) is 0 Å². The summed E-state index contributed by atoms with van der Waals surface area (Å²) in [4.78, 5) is 10.5. The highest BCUT2D eigenvalue weighted by atomic mass is 16.5. The largest absolute Gasteiger partial charge is 0.458 e. The Kier molecular flexibility index (Phi) is 22.6. The molecule has 0 radical (unpaired) electrons. The van der Waals surface area contributed by atoms with Crippen molar-refractivity contribution in [3.63, 3.8) is 0 Å². The number of rotatable bonds is 9. The van der Waals surface area contributed by atoms with Crippen LogP contribution >= 0.6 is 0 Å². The Bertz CT molecular complexity index is 5970. The Labute approximate surface area is 781 Å². The molecule has 0 N–H and O–H groups in total. The lowest BCUT2D eigenvalue weighted by atomic mass is 9.32. The monoisotopic (exact) mass is 1720 g/mol. The molecule has 11 aromatic carbocycles. The van der Waals surface area contributed by atoms with Gasteiger partial charge >= 0.3 is 0 Å². The van der Waals surface area contributed by atoms with Crippen molar-refractivity contribution >= 4 is 114 Å². The molecular weight excluding hydrogens is 1560 g/mol. The third-order valence-electron chi connectivity index (χ3n) is 28.2. The minimum Gasteiger partial charge on any atom is -0.458 e. The molecule has 0 atom stereocenters. The van der Waals surface area contributed by atoms with Crippen LogP contribution in [-0.2, 0) is 70.4 Å². The van der Waals surface area contributed by atoms with Crippen LogP contribution < -0.4 is 61.9 Å². The van der Waals surface area contributed by atoms with Gasteiger partial charge in [-0.3, -0.25) is 0 Å². The van der Waals surface area contributed by atoms with E-state index in [0.29, 0.717) is 0 Å². The van der Waals surface area contributed by atoms with Crippen molar-refractivity contribution in [1.82, 2.24) is 0 Å². The van der Waals surface area contributed by atoms with Gasteiger partial charge in [-0.1, -0.05) is 345 Å². The first-order valence-corrected chi connectivity index (χ1v) is 48.3. The van der Waals surface area contributed by atoms with Crippen LogP contribution in [0.2, 0.25) is 0 Å². The number of ether oxygens (including phenoxy) is 2. The van der Waals surface area contributed by atoms with Crippen molar-refractivity contribution < 1.29 is 9.47 Å². The number of anilines is 12. The minimum atomic E-state index is -0.316. The van der Waals surface area contributed by atoms with Crippen LogP contribution in [0.4, 0.5) is 68.2 Å². The summed E-state index contributed by atoms with van der Waals surface area (Å²) < 4.78 is 16.6. The van der Waals surface area contributed by atoms with E-state index >= 15 is 0 Å². The average Bonchev–Trinajstić information content (AvgIpc) is 0.689. The molecule has 0 unspecified atom stereocenters. The molecule has 676 valence electrons. The van der Waals surface area contributed by atoms with E-state index < -0.39 is 0 Å². The molecule has 0 aliphatic carbocycles. The Balaban J connectivity index is 1.10. The number of hydrogen-bond donors (Lipinski definition) is 0. The summed E-state index contributed by atoms with van der Waals surface area (Å²) in [5.41, 5.74) is 35.7. The summed E-state index contributed by atoms with van der Waals surface area (Å²) in [6.45, 7) is 96.5. The number of fused-ring (bicyclic) bond motifs is 8. The fourth-order valence-corrected chi connectivity index (χ4v) is 19.2. The van der Waals surface area contributed by atoms with E-state index in [1.807, 2.05) is 0 Å². The van der Waals surface area contributed by atoms with Gasteiger partial charge in [0.2, 0.25) is 0 Å². The Morgan fingerprint density at radius 3 is 0.674 bits per heavy atom. The molecule has 0 spiro atoms. The fourth-order valence-electron chi connectivity index (χ4n) is 19.2. The van der Waals surface area contributed by atoms with Crippen molar-refractivity contribution in [3.8, 4) is 23.0 Å². The predicted molar refractivity (Wildman–Crippen MR) is 565 cm³/mol. The maximum Gasteiger partial charge on any atom is 0.256 e. The molecule has 0 amide bonds. The first-order valence-electron chi connectivity index (χ1n) is 48.3. The molecule has 0 aromatic heterocycles. The third kappa shape index (κ3) is 18.0. The van der Waals surface area contributed by atoms with E-state index in [4.69, 9.17) is 9.47 Å². The second-order valence-electron chi connectivity index (χ2n) is 52.7. The molecule has 4 heterocycles. The molecule has 0 fully saturated rings. The maximum absolute atomic E-state index is 8.31. The lowest BCUT2D eigenvalue weighted by Gasteiger charge is -2.44. The van der Waals surface area contributed by atoms with Gasteiger partial charge in [0, 0.05) is 69.0 Å². The summed E-state index contributed by atoms with van der Waals surface area (Å²) in [5.74, 6) is 3.57. The fraction of sp³-hybridized carbons (Fsp3) is 0.455. The molecule has 0 saturated heterocycles. The summed E-state index contributed by atoms with van der Waals surface area (Å²) in [5, 5.41) is 0. The molecule has 15 rings (SSSR count). The zero-order valence-electron chi connectivity index (χ0n) is 87.2. The number of hydrogen-bond acceptors (Lipinski definition) is 6. The second-order valence-corrected chi connectivity index (χ2v) is 52.7. The molecule has 129 heavy (non-hydrogen) atoms. The van der Waals surface area contributed by atoms with Gasteiger partial charge in [-0.05, 0) is 296 Å². The Morgan fingerprint density at radius 1 is 0.209 bits per heavy atom. The van der Waals surface area contributed by atoms with Crippen LogP contribution in [0.5, 0.6) is 23.0 Å². The lowest BCUT2D eigenvalue weighted by Crippen LogP contribution is -2.62. The van der Waals surface area contributed by atoms with Crippen LogP contribution in [0.1, 0.15) is 368 Å². The summed E-state index contributed by atoms with van der Waals surface area (Å²) in [6, 6.07) is 74.4. The summed E-state index contributed by atoms with van der Waals surface area (Å²) >= 11 is 0. The van der Waals surface area contributed by atoms with Crippen LogP contribution in [0.25, 0.3) is 0 Å². The zero-order valence-corrected chi connectivity index (χ0v) is 87.2. The first-order chi connectivity index (χ1) is 58.9. The van der Waals surface area contributed by atoms with Gasteiger partial charge in [-0.2, -0.15) is 0 Å². The highest BCUT2D eigenvalue weighted by Crippen LogP contribution is 2.55. The molecule has 11 aromatic rings. The number of benzene rings is 11.